The molecule has 7 heteroatoms. The molecule has 0 aliphatic carbocycles. The molecule has 0 atom stereocenters. The molecule has 3 aromatic rings. The van der Waals surface area contributed by atoms with Crippen LogP contribution >= 0.6 is 0 Å². The van der Waals surface area contributed by atoms with Gasteiger partial charge in [-0.25, -0.2) is 4.98 Å². The maximum absolute atomic E-state index is 12.4. The molecule has 0 unspecified atom stereocenters. The molecule has 0 saturated heterocycles. The van der Waals surface area contributed by atoms with Crippen LogP contribution in [0.5, 0.6) is 5.88 Å². The van der Waals surface area contributed by atoms with Crippen molar-refractivity contribution >= 4 is 16.9 Å². The van der Waals surface area contributed by atoms with Crippen molar-refractivity contribution in [1.29, 1.82) is 0 Å². The average molecular weight is 367 g/mol. The summed E-state index contributed by atoms with van der Waals surface area (Å²) in [5.74, 6) is -0.407. The Balaban J connectivity index is 1.90. The quantitative estimate of drug-likeness (QED) is 0.649. The Labute approximate surface area is 156 Å². The fourth-order valence-electron chi connectivity index (χ4n) is 3.11. The largest absolute Gasteiger partial charge is 0.493 e. The first kappa shape index (κ1) is 18.6. The van der Waals surface area contributed by atoms with Gasteiger partial charge in [-0.05, 0) is 61.6 Å². The van der Waals surface area contributed by atoms with Gasteiger partial charge in [-0.15, -0.1) is 0 Å². The van der Waals surface area contributed by atoms with Crippen molar-refractivity contribution in [2.45, 2.75) is 39.7 Å². The van der Waals surface area contributed by atoms with Gasteiger partial charge < -0.3 is 14.8 Å². The van der Waals surface area contributed by atoms with E-state index >= 15 is 0 Å². The van der Waals surface area contributed by atoms with E-state index in [9.17, 15) is 14.7 Å². The van der Waals surface area contributed by atoms with Gasteiger partial charge in [-0.2, -0.15) is 4.98 Å². The van der Waals surface area contributed by atoms with Crippen LogP contribution < -0.4 is 5.56 Å². The first-order valence-corrected chi connectivity index (χ1v) is 8.76. The number of aromatic hydroxyl groups is 1. The van der Waals surface area contributed by atoms with Gasteiger partial charge in [0.1, 0.15) is 5.82 Å². The maximum Gasteiger partial charge on any atom is 0.303 e. The summed E-state index contributed by atoms with van der Waals surface area (Å²) in [6.07, 6.45) is 2.98. The van der Waals surface area contributed by atoms with Crippen LogP contribution in [0.15, 0.2) is 35.3 Å². The molecule has 0 radical (unpaired) electrons. The van der Waals surface area contributed by atoms with Gasteiger partial charge in [0.25, 0.3) is 5.56 Å². The SMILES string of the molecule is Cc1nc(O)c2cc(-c3ccn(CCCCC(=O)O)c(=O)c3)c(C)cc2n1. The van der Waals surface area contributed by atoms with Gasteiger partial charge in [0, 0.05) is 25.2 Å². The van der Waals surface area contributed by atoms with Crippen LogP contribution in [0.1, 0.15) is 30.7 Å². The number of nitrogens with zero attached hydrogens (tertiary/aromatic N) is 3. The molecule has 0 saturated carbocycles. The lowest BCUT2D eigenvalue weighted by atomic mass is 9.99. The maximum atomic E-state index is 12.4. The molecule has 140 valence electrons. The van der Waals surface area contributed by atoms with Crippen LogP contribution in [-0.4, -0.2) is 30.7 Å². The van der Waals surface area contributed by atoms with Crippen LogP contribution in [0.25, 0.3) is 22.0 Å². The molecule has 27 heavy (non-hydrogen) atoms. The van der Waals surface area contributed by atoms with E-state index in [1.807, 2.05) is 19.1 Å². The number of aryl methyl sites for hydroxylation is 3. The smallest absolute Gasteiger partial charge is 0.303 e. The number of aliphatic carboxylic acids is 1. The number of hydrogen-bond acceptors (Lipinski definition) is 5. The van der Waals surface area contributed by atoms with Crippen molar-refractivity contribution in [2.75, 3.05) is 0 Å². The fourth-order valence-corrected chi connectivity index (χ4v) is 3.11. The van der Waals surface area contributed by atoms with E-state index in [0.717, 1.165) is 16.7 Å². The fraction of sp³-hybridized carbons (Fsp3) is 0.300. The van der Waals surface area contributed by atoms with Gasteiger partial charge in [-0.1, -0.05) is 0 Å². The number of carboxylic acids is 1. The molecule has 0 amide bonds. The number of pyridine rings is 1. The Morgan fingerprint density at radius 1 is 1.15 bits per heavy atom. The van der Waals surface area contributed by atoms with Crippen LogP contribution in [-0.2, 0) is 11.3 Å². The molecule has 3 rings (SSSR count). The van der Waals surface area contributed by atoms with E-state index < -0.39 is 5.97 Å². The van der Waals surface area contributed by atoms with Crippen molar-refractivity contribution in [2.24, 2.45) is 0 Å². The van der Waals surface area contributed by atoms with Crippen molar-refractivity contribution in [3.63, 3.8) is 0 Å². The lowest BCUT2D eigenvalue weighted by Crippen LogP contribution is -2.18. The van der Waals surface area contributed by atoms with Crippen molar-refractivity contribution in [3.05, 3.63) is 52.2 Å². The van der Waals surface area contributed by atoms with E-state index in [1.54, 1.807) is 29.8 Å². The third-order valence-electron chi connectivity index (χ3n) is 4.48. The van der Waals surface area contributed by atoms with Crippen molar-refractivity contribution in [3.8, 4) is 17.0 Å². The summed E-state index contributed by atoms with van der Waals surface area (Å²) >= 11 is 0. The lowest BCUT2D eigenvalue weighted by Gasteiger charge is -2.11. The number of rotatable bonds is 6. The molecule has 2 N–H and O–H groups in total. The summed E-state index contributed by atoms with van der Waals surface area (Å²) in [4.78, 5) is 31.3. The summed E-state index contributed by atoms with van der Waals surface area (Å²) in [5.41, 5.74) is 3.04. The lowest BCUT2D eigenvalue weighted by molar-refractivity contribution is -0.137. The number of hydrogen-bond donors (Lipinski definition) is 2. The minimum atomic E-state index is -0.827. The number of carbonyl (C=O) groups is 1. The van der Waals surface area contributed by atoms with Crippen molar-refractivity contribution < 1.29 is 15.0 Å². The molecule has 1 aromatic carbocycles. The summed E-state index contributed by atoms with van der Waals surface area (Å²) < 4.78 is 1.58. The second kappa shape index (κ2) is 7.57. The topological polar surface area (TPSA) is 105 Å². The van der Waals surface area contributed by atoms with Gasteiger partial charge in [0.2, 0.25) is 5.88 Å². The van der Waals surface area contributed by atoms with Gasteiger partial charge in [0.15, 0.2) is 0 Å². The zero-order valence-electron chi connectivity index (χ0n) is 15.3. The number of unbranched alkanes of at least 4 members (excludes halogenated alkanes) is 1. The molecule has 7 nitrogen and oxygen atoms in total. The van der Waals surface area contributed by atoms with E-state index in [2.05, 4.69) is 9.97 Å². The molecule has 0 bridgehead atoms. The Hall–Kier alpha value is -3.22. The molecular weight excluding hydrogens is 346 g/mol. The number of fused-ring (bicyclic) bond motifs is 1. The van der Waals surface area contributed by atoms with Crippen LogP contribution in [0.3, 0.4) is 0 Å². The highest BCUT2D eigenvalue weighted by Crippen LogP contribution is 2.30. The summed E-state index contributed by atoms with van der Waals surface area (Å²) in [5, 5.41) is 19.3. The Morgan fingerprint density at radius 2 is 1.93 bits per heavy atom. The second-order valence-electron chi connectivity index (χ2n) is 6.58. The summed E-state index contributed by atoms with van der Waals surface area (Å²) in [7, 11) is 0. The average Bonchev–Trinajstić information content (AvgIpc) is 2.59. The number of benzene rings is 1. The second-order valence-corrected chi connectivity index (χ2v) is 6.58. The normalized spacial score (nSPS) is 11.0. The Kier molecular flexibility index (Phi) is 5.21. The van der Waals surface area contributed by atoms with Crippen molar-refractivity contribution in [1.82, 2.24) is 14.5 Å². The predicted molar refractivity (Wildman–Crippen MR) is 102 cm³/mol. The van der Waals surface area contributed by atoms with E-state index in [4.69, 9.17) is 5.11 Å². The third kappa shape index (κ3) is 4.13. The zero-order chi connectivity index (χ0) is 19.6. The van der Waals surface area contributed by atoms with Gasteiger partial charge in [-0.3, -0.25) is 9.59 Å². The minimum absolute atomic E-state index is 0.0782. The summed E-state index contributed by atoms with van der Waals surface area (Å²) in [6.45, 7) is 4.14. The first-order chi connectivity index (χ1) is 12.8. The van der Waals surface area contributed by atoms with Crippen LogP contribution in [0.4, 0.5) is 0 Å². The predicted octanol–water partition coefficient (Wildman–Crippen LogP) is 3.04. The summed E-state index contributed by atoms with van der Waals surface area (Å²) in [6, 6.07) is 7.07. The Morgan fingerprint density at radius 3 is 2.63 bits per heavy atom. The highest BCUT2D eigenvalue weighted by Gasteiger charge is 2.11. The van der Waals surface area contributed by atoms with E-state index in [1.165, 1.54) is 0 Å². The monoisotopic (exact) mass is 367 g/mol. The molecular formula is C20H21N3O4. The van der Waals surface area contributed by atoms with Gasteiger partial charge in [0.05, 0.1) is 10.9 Å². The van der Waals surface area contributed by atoms with E-state index in [0.29, 0.717) is 36.1 Å². The van der Waals surface area contributed by atoms with E-state index in [-0.39, 0.29) is 17.9 Å². The molecule has 0 fully saturated rings. The molecule has 2 aromatic heterocycles. The highest BCUT2D eigenvalue weighted by atomic mass is 16.4. The zero-order valence-corrected chi connectivity index (χ0v) is 15.3. The highest BCUT2D eigenvalue weighted by molar-refractivity contribution is 5.89. The molecule has 0 aliphatic heterocycles. The Bertz CT molecular complexity index is 1070. The van der Waals surface area contributed by atoms with Gasteiger partial charge >= 0.3 is 5.97 Å². The minimum Gasteiger partial charge on any atom is -0.493 e. The van der Waals surface area contributed by atoms with Crippen LogP contribution in [0.2, 0.25) is 0 Å². The molecule has 0 aliphatic rings. The third-order valence-corrected chi connectivity index (χ3v) is 4.48. The molecule has 2 heterocycles. The number of aromatic nitrogens is 3. The standard InChI is InChI=1S/C20H21N3O4/c1-12-9-17-16(20(27)22-13(2)21-17)11-15(12)14-6-8-23(18(24)10-14)7-4-3-5-19(25)26/h6,8-11H,3-5,7H2,1-2H3,(H,25,26)(H,21,22,27). The first-order valence-electron chi connectivity index (χ1n) is 8.76. The van der Waals surface area contributed by atoms with Crippen LogP contribution in [0, 0.1) is 13.8 Å². The molecule has 0 spiro atoms. The number of carboxylic acid groups (broad SMARTS) is 1.